The van der Waals surface area contributed by atoms with E-state index in [1.165, 1.54) is 19.3 Å². The fourth-order valence-corrected chi connectivity index (χ4v) is 7.22. The van der Waals surface area contributed by atoms with Crippen molar-refractivity contribution in [2.45, 2.75) is 232 Å². The van der Waals surface area contributed by atoms with Crippen LogP contribution in [0, 0.1) is 0 Å². The molecule has 0 N–H and O–H groups in total. The van der Waals surface area contributed by atoms with Gasteiger partial charge in [-0.25, -0.2) is 0 Å². The molecule has 6 nitrogen and oxygen atoms in total. The summed E-state index contributed by atoms with van der Waals surface area (Å²) in [4.78, 5) is 38.2. The summed E-state index contributed by atoms with van der Waals surface area (Å²) in [6.07, 6.45) is 86.6. The smallest absolute Gasteiger partial charge is 0.306 e. The van der Waals surface area contributed by atoms with Gasteiger partial charge in [-0.15, -0.1) is 0 Å². The van der Waals surface area contributed by atoms with Crippen LogP contribution in [0.25, 0.3) is 0 Å². The van der Waals surface area contributed by atoms with E-state index < -0.39 is 6.10 Å². The number of ether oxygens (including phenoxy) is 3. The summed E-state index contributed by atoms with van der Waals surface area (Å²) < 4.78 is 16.8. The number of hydrogen-bond acceptors (Lipinski definition) is 6. The van der Waals surface area contributed by atoms with Crippen molar-refractivity contribution in [2.75, 3.05) is 13.2 Å². The quantitative estimate of drug-likeness (QED) is 0.0261. The van der Waals surface area contributed by atoms with Gasteiger partial charge in [0.05, 0.1) is 0 Å². The molecule has 0 rings (SSSR count). The van der Waals surface area contributed by atoms with Crippen molar-refractivity contribution < 1.29 is 28.6 Å². The van der Waals surface area contributed by atoms with E-state index in [-0.39, 0.29) is 44.0 Å². The highest BCUT2D eigenvalue weighted by molar-refractivity contribution is 5.71. The summed E-state index contributed by atoms with van der Waals surface area (Å²) in [6, 6.07) is 0. The lowest BCUT2D eigenvalue weighted by Crippen LogP contribution is -2.30. The SMILES string of the molecule is CC/C=C\C/C=C\C/C=C\C/C=C\C/C=C\C/C=C\C/C=C\CCCC(=O)OCC(COC(=O)CCCCCCC/C=C\C/C=C\CCC)OC(=O)CCCCCCCC/C=C\C/C=C\C/C=C\C/C=C\CC. The van der Waals surface area contributed by atoms with Crippen LogP contribution in [-0.2, 0) is 28.6 Å². The Morgan fingerprint density at radius 2 is 0.548 bits per heavy atom. The maximum atomic E-state index is 12.9. The molecule has 6 heteroatoms. The molecule has 0 fully saturated rings. The molecule has 0 radical (unpaired) electrons. The van der Waals surface area contributed by atoms with Crippen molar-refractivity contribution in [1.29, 1.82) is 0 Å². The lowest BCUT2D eigenvalue weighted by Gasteiger charge is -2.18. The first-order valence-corrected chi connectivity index (χ1v) is 29.0. The Hall–Kier alpha value is -4.97. The van der Waals surface area contributed by atoms with Crippen LogP contribution in [0.15, 0.2) is 158 Å². The first kappa shape index (κ1) is 68.0. The molecule has 73 heavy (non-hydrogen) atoms. The van der Waals surface area contributed by atoms with E-state index >= 15 is 0 Å². The molecule has 0 bridgehead atoms. The van der Waals surface area contributed by atoms with E-state index in [1.807, 2.05) is 0 Å². The molecule has 1 unspecified atom stereocenters. The van der Waals surface area contributed by atoms with E-state index in [0.717, 1.165) is 161 Å². The fraction of sp³-hybridized carbons (Fsp3) is 0.567. The summed E-state index contributed by atoms with van der Waals surface area (Å²) in [5.41, 5.74) is 0. The monoisotopic (exact) mass is 1000 g/mol. The Balaban J connectivity index is 4.54. The van der Waals surface area contributed by atoms with Crippen LogP contribution in [0.1, 0.15) is 226 Å². The number of unbranched alkanes of at least 4 members (excludes halogenated alkanes) is 13. The van der Waals surface area contributed by atoms with Crippen LogP contribution in [-0.4, -0.2) is 37.2 Å². The molecule has 1 atom stereocenters. The second-order valence-electron chi connectivity index (χ2n) is 18.4. The second kappa shape index (κ2) is 59.6. The highest BCUT2D eigenvalue weighted by Gasteiger charge is 2.19. The third kappa shape index (κ3) is 57.8. The van der Waals surface area contributed by atoms with Gasteiger partial charge in [-0.05, 0) is 135 Å². The van der Waals surface area contributed by atoms with Crippen molar-refractivity contribution in [3.05, 3.63) is 158 Å². The molecule has 0 saturated carbocycles. The van der Waals surface area contributed by atoms with E-state index in [0.29, 0.717) is 12.8 Å². The number of hydrogen-bond donors (Lipinski definition) is 0. The molecule has 0 aliphatic heterocycles. The van der Waals surface area contributed by atoms with Crippen molar-refractivity contribution in [2.24, 2.45) is 0 Å². The average Bonchev–Trinajstić information content (AvgIpc) is 3.39. The van der Waals surface area contributed by atoms with Crippen molar-refractivity contribution >= 4 is 17.9 Å². The standard InChI is InChI=1S/C67H104O6/c1-4-7-10-13-16-19-22-25-27-29-31-32-33-34-36-37-39-42-45-48-51-54-57-60-66(69)72-63-64(62-71-65(68)59-56-53-50-47-44-41-24-21-18-15-12-9-6-3)73-67(70)61-58-55-52-49-46-43-40-38-35-30-28-26-23-20-17-14-11-8-5-2/h7-8,10-12,15-17,19-21,24-28,31-32,34-36,38-39,42,48,51,64H,4-6,9,13-14,18,22-23,29-30,33,37,40-41,43-47,49-50,52-63H2,1-3H3/b10-7-,11-8-,15-12-,19-16-,20-17-,24-21-,27-25-,28-26-,32-31-,36-34-,38-35-,42-39-,51-48-. The van der Waals surface area contributed by atoms with E-state index in [2.05, 4.69) is 179 Å². The fourth-order valence-electron chi connectivity index (χ4n) is 7.22. The average molecular weight is 1010 g/mol. The third-order valence-corrected chi connectivity index (χ3v) is 11.5. The van der Waals surface area contributed by atoms with Gasteiger partial charge in [-0.3, -0.25) is 14.4 Å². The van der Waals surface area contributed by atoms with E-state index in [1.54, 1.807) is 0 Å². The zero-order valence-electron chi connectivity index (χ0n) is 46.6. The zero-order chi connectivity index (χ0) is 52.9. The van der Waals surface area contributed by atoms with Crippen molar-refractivity contribution in [3.63, 3.8) is 0 Å². The Labute approximate surface area is 448 Å². The minimum Gasteiger partial charge on any atom is -0.462 e. The first-order chi connectivity index (χ1) is 36.0. The minimum absolute atomic E-state index is 0.117. The topological polar surface area (TPSA) is 78.9 Å². The second-order valence-corrected chi connectivity index (χ2v) is 18.4. The highest BCUT2D eigenvalue weighted by Crippen LogP contribution is 2.13. The molecule has 0 aliphatic rings. The summed E-state index contributed by atoms with van der Waals surface area (Å²) >= 11 is 0. The molecule has 408 valence electrons. The number of rotatable bonds is 50. The van der Waals surface area contributed by atoms with Gasteiger partial charge in [0, 0.05) is 19.3 Å². The molecule has 0 spiro atoms. The van der Waals surface area contributed by atoms with Crippen LogP contribution in [0.5, 0.6) is 0 Å². The number of carbonyl (C=O) groups is 3. The highest BCUT2D eigenvalue weighted by atomic mass is 16.6. The Bertz CT molecular complexity index is 1670. The molecule has 0 saturated heterocycles. The van der Waals surface area contributed by atoms with Gasteiger partial charge in [-0.1, -0.05) is 230 Å². The molecule has 0 aromatic carbocycles. The number of allylic oxidation sites excluding steroid dienone is 26. The predicted octanol–water partition coefficient (Wildman–Crippen LogP) is 19.8. The lowest BCUT2D eigenvalue weighted by atomic mass is 10.1. The molecule has 0 aromatic heterocycles. The molecule has 0 amide bonds. The maximum Gasteiger partial charge on any atom is 0.306 e. The third-order valence-electron chi connectivity index (χ3n) is 11.5. The van der Waals surface area contributed by atoms with Gasteiger partial charge in [0.2, 0.25) is 0 Å². The summed E-state index contributed by atoms with van der Waals surface area (Å²) in [5, 5.41) is 0. The van der Waals surface area contributed by atoms with Crippen LogP contribution < -0.4 is 0 Å². The summed E-state index contributed by atoms with van der Waals surface area (Å²) in [5.74, 6) is -1.01. The van der Waals surface area contributed by atoms with Crippen molar-refractivity contribution in [1.82, 2.24) is 0 Å². The van der Waals surface area contributed by atoms with E-state index in [4.69, 9.17) is 14.2 Å². The number of carbonyl (C=O) groups excluding carboxylic acids is 3. The van der Waals surface area contributed by atoms with Gasteiger partial charge in [-0.2, -0.15) is 0 Å². The first-order valence-electron chi connectivity index (χ1n) is 29.0. The lowest BCUT2D eigenvalue weighted by molar-refractivity contribution is -0.167. The minimum atomic E-state index is -0.824. The Morgan fingerprint density at radius 3 is 0.890 bits per heavy atom. The van der Waals surface area contributed by atoms with Gasteiger partial charge in [0.25, 0.3) is 0 Å². The number of esters is 3. The van der Waals surface area contributed by atoms with Crippen LogP contribution in [0.3, 0.4) is 0 Å². The van der Waals surface area contributed by atoms with Gasteiger partial charge >= 0.3 is 17.9 Å². The molecular weight excluding hydrogens is 901 g/mol. The van der Waals surface area contributed by atoms with Crippen LogP contribution >= 0.6 is 0 Å². The maximum absolute atomic E-state index is 12.9. The Morgan fingerprint density at radius 1 is 0.288 bits per heavy atom. The predicted molar refractivity (Wildman–Crippen MR) is 315 cm³/mol. The molecule has 0 heterocycles. The normalized spacial score (nSPS) is 13.3. The van der Waals surface area contributed by atoms with Crippen molar-refractivity contribution in [3.8, 4) is 0 Å². The van der Waals surface area contributed by atoms with Gasteiger partial charge in [0.1, 0.15) is 13.2 Å². The van der Waals surface area contributed by atoms with Gasteiger partial charge in [0.15, 0.2) is 6.10 Å². The largest absolute Gasteiger partial charge is 0.462 e. The van der Waals surface area contributed by atoms with Crippen LogP contribution in [0.2, 0.25) is 0 Å². The Kier molecular flexibility index (Phi) is 55.5. The zero-order valence-corrected chi connectivity index (χ0v) is 46.6. The molecular formula is C67H104O6. The van der Waals surface area contributed by atoms with Gasteiger partial charge < -0.3 is 14.2 Å². The van der Waals surface area contributed by atoms with Crippen LogP contribution in [0.4, 0.5) is 0 Å². The molecule has 0 aromatic rings. The summed E-state index contributed by atoms with van der Waals surface area (Å²) in [6.45, 7) is 6.26. The summed E-state index contributed by atoms with van der Waals surface area (Å²) in [7, 11) is 0. The van der Waals surface area contributed by atoms with E-state index in [9.17, 15) is 14.4 Å². The molecule has 0 aliphatic carbocycles.